The van der Waals surface area contributed by atoms with Gasteiger partial charge in [0.05, 0.1) is 0 Å². The van der Waals surface area contributed by atoms with E-state index in [9.17, 15) is 0 Å². The first-order valence-electron chi connectivity index (χ1n) is 5.81. The van der Waals surface area contributed by atoms with Gasteiger partial charge in [-0.15, -0.1) is 0 Å². The standard InChI is InChI=1S/C14H19N/c1-12-5-7-13(8-6-12)4-2-3-11-15-14-9-10-14/h2,4-8,14-15H,3,9-11H2,1H3. The lowest BCUT2D eigenvalue weighted by Crippen LogP contribution is -2.16. The molecule has 0 spiro atoms. The third kappa shape index (κ3) is 3.88. The maximum absolute atomic E-state index is 3.50. The third-order valence-corrected chi connectivity index (χ3v) is 2.71. The molecule has 0 atom stereocenters. The second kappa shape index (κ2) is 5.13. The molecule has 1 saturated carbocycles. The van der Waals surface area contributed by atoms with Crippen molar-refractivity contribution in [1.82, 2.24) is 5.32 Å². The van der Waals surface area contributed by atoms with Crippen molar-refractivity contribution < 1.29 is 0 Å². The van der Waals surface area contributed by atoms with Gasteiger partial charge >= 0.3 is 0 Å². The van der Waals surface area contributed by atoms with E-state index in [1.807, 2.05) is 0 Å². The molecule has 0 radical (unpaired) electrons. The molecule has 1 fully saturated rings. The normalized spacial score (nSPS) is 16.1. The molecule has 1 aliphatic rings. The fraction of sp³-hybridized carbons (Fsp3) is 0.429. The van der Waals surface area contributed by atoms with Crippen LogP contribution in [-0.2, 0) is 0 Å². The Morgan fingerprint density at radius 1 is 1.27 bits per heavy atom. The predicted octanol–water partition coefficient (Wildman–Crippen LogP) is 3.15. The van der Waals surface area contributed by atoms with Gasteiger partial charge in [-0.2, -0.15) is 0 Å². The van der Waals surface area contributed by atoms with Crippen LogP contribution in [0.2, 0.25) is 0 Å². The Hall–Kier alpha value is -1.08. The molecule has 80 valence electrons. The molecule has 0 aromatic heterocycles. The summed E-state index contributed by atoms with van der Waals surface area (Å²) in [4.78, 5) is 0. The molecule has 0 bridgehead atoms. The van der Waals surface area contributed by atoms with E-state index >= 15 is 0 Å². The fourth-order valence-electron chi connectivity index (χ4n) is 1.56. The summed E-state index contributed by atoms with van der Waals surface area (Å²) in [6.07, 6.45) is 8.34. The highest BCUT2D eigenvalue weighted by Crippen LogP contribution is 2.18. The minimum absolute atomic E-state index is 0.831. The molecule has 1 nitrogen and oxygen atoms in total. The van der Waals surface area contributed by atoms with Gasteiger partial charge in [-0.25, -0.2) is 0 Å². The average molecular weight is 201 g/mol. The molecule has 1 N–H and O–H groups in total. The second-order valence-electron chi connectivity index (χ2n) is 4.33. The molecule has 0 heterocycles. The van der Waals surface area contributed by atoms with E-state index in [1.54, 1.807) is 0 Å². The van der Waals surface area contributed by atoms with Crippen LogP contribution in [0.1, 0.15) is 30.4 Å². The van der Waals surface area contributed by atoms with Crippen LogP contribution in [0.25, 0.3) is 6.08 Å². The molecule has 0 unspecified atom stereocenters. The van der Waals surface area contributed by atoms with E-state index < -0.39 is 0 Å². The number of benzene rings is 1. The highest BCUT2D eigenvalue weighted by atomic mass is 14.9. The van der Waals surface area contributed by atoms with Crippen LogP contribution in [0, 0.1) is 6.92 Å². The molecule has 1 heteroatoms. The van der Waals surface area contributed by atoms with Crippen molar-refractivity contribution in [2.75, 3.05) is 6.54 Å². The minimum atomic E-state index is 0.831. The molecule has 0 amide bonds. The van der Waals surface area contributed by atoms with Crippen LogP contribution in [0.3, 0.4) is 0 Å². The molecule has 2 rings (SSSR count). The summed E-state index contributed by atoms with van der Waals surface area (Å²) in [7, 11) is 0. The van der Waals surface area contributed by atoms with Gasteiger partial charge < -0.3 is 5.32 Å². The smallest absolute Gasteiger partial charge is 0.00683 e. The summed E-state index contributed by atoms with van der Waals surface area (Å²) in [5, 5.41) is 3.50. The molecule has 1 aliphatic carbocycles. The van der Waals surface area contributed by atoms with Crippen molar-refractivity contribution in [3.63, 3.8) is 0 Å². The topological polar surface area (TPSA) is 12.0 Å². The van der Waals surface area contributed by atoms with Crippen molar-refractivity contribution in [2.24, 2.45) is 0 Å². The Labute approximate surface area is 92.2 Å². The number of rotatable bonds is 5. The van der Waals surface area contributed by atoms with Gasteiger partial charge in [0.1, 0.15) is 0 Å². The zero-order chi connectivity index (χ0) is 10.5. The van der Waals surface area contributed by atoms with E-state index in [2.05, 4.69) is 48.7 Å². The lowest BCUT2D eigenvalue weighted by Gasteiger charge is -1.98. The Morgan fingerprint density at radius 2 is 2.00 bits per heavy atom. The Kier molecular flexibility index (Phi) is 3.57. The molecule has 1 aromatic rings. The molecule has 15 heavy (non-hydrogen) atoms. The van der Waals surface area contributed by atoms with E-state index in [-0.39, 0.29) is 0 Å². The highest BCUT2D eigenvalue weighted by molar-refractivity contribution is 5.49. The minimum Gasteiger partial charge on any atom is -0.314 e. The zero-order valence-corrected chi connectivity index (χ0v) is 9.37. The fourth-order valence-corrected chi connectivity index (χ4v) is 1.56. The lowest BCUT2D eigenvalue weighted by molar-refractivity contribution is 0.691. The first-order chi connectivity index (χ1) is 7.34. The van der Waals surface area contributed by atoms with Crippen molar-refractivity contribution in [1.29, 1.82) is 0 Å². The first kappa shape index (κ1) is 10.4. The van der Waals surface area contributed by atoms with Gasteiger partial charge in [0, 0.05) is 6.04 Å². The second-order valence-corrected chi connectivity index (χ2v) is 4.33. The lowest BCUT2D eigenvalue weighted by atomic mass is 10.1. The van der Waals surface area contributed by atoms with Gasteiger partial charge in [-0.05, 0) is 38.3 Å². The zero-order valence-electron chi connectivity index (χ0n) is 9.37. The van der Waals surface area contributed by atoms with Crippen molar-refractivity contribution in [3.05, 3.63) is 41.5 Å². The monoisotopic (exact) mass is 201 g/mol. The maximum atomic E-state index is 3.50. The quantitative estimate of drug-likeness (QED) is 0.722. The Morgan fingerprint density at radius 3 is 2.67 bits per heavy atom. The molecule has 1 aromatic carbocycles. The van der Waals surface area contributed by atoms with Crippen molar-refractivity contribution in [3.8, 4) is 0 Å². The molecule has 0 saturated heterocycles. The van der Waals surface area contributed by atoms with Crippen molar-refractivity contribution >= 4 is 6.08 Å². The third-order valence-electron chi connectivity index (χ3n) is 2.71. The van der Waals surface area contributed by atoms with E-state index in [0.717, 1.165) is 19.0 Å². The largest absolute Gasteiger partial charge is 0.314 e. The van der Waals surface area contributed by atoms with Gasteiger partial charge in [-0.3, -0.25) is 0 Å². The van der Waals surface area contributed by atoms with Crippen LogP contribution in [0.15, 0.2) is 30.3 Å². The number of hydrogen-bond acceptors (Lipinski definition) is 1. The SMILES string of the molecule is Cc1ccc(C=CCCNC2CC2)cc1. The van der Waals surface area contributed by atoms with Gasteiger partial charge in [0.2, 0.25) is 0 Å². The van der Waals surface area contributed by atoms with Gasteiger partial charge in [0.15, 0.2) is 0 Å². The van der Waals surface area contributed by atoms with Gasteiger partial charge in [0.25, 0.3) is 0 Å². The Balaban J connectivity index is 1.70. The van der Waals surface area contributed by atoms with Crippen LogP contribution in [0.4, 0.5) is 0 Å². The summed E-state index contributed by atoms with van der Waals surface area (Å²) in [6, 6.07) is 9.47. The van der Waals surface area contributed by atoms with E-state index in [4.69, 9.17) is 0 Å². The summed E-state index contributed by atoms with van der Waals surface area (Å²) >= 11 is 0. The van der Waals surface area contributed by atoms with Crippen LogP contribution >= 0.6 is 0 Å². The molecular formula is C14H19N. The number of nitrogens with one attached hydrogen (secondary N) is 1. The van der Waals surface area contributed by atoms with Crippen LogP contribution in [-0.4, -0.2) is 12.6 Å². The van der Waals surface area contributed by atoms with Crippen LogP contribution < -0.4 is 5.32 Å². The first-order valence-corrected chi connectivity index (χ1v) is 5.81. The van der Waals surface area contributed by atoms with Crippen LogP contribution in [0.5, 0.6) is 0 Å². The number of hydrogen-bond donors (Lipinski definition) is 1. The van der Waals surface area contributed by atoms with E-state index in [0.29, 0.717) is 0 Å². The molecule has 0 aliphatic heterocycles. The predicted molar refractivity (Wildman–Crippen MR) is 65.9 cm³/mol. The molecular weight excluding hydrogens is 182 g/mol. The number of aryl methyl sites for hydroxylation is 1. The summed E-state index contributed by atoms with van der Waals surface area (Å²) in [5.41, 5.74) is 2.62. The average Bonchev–Trinajstić information content (AvgIpc) is 3.04. The summed E-state index contributed by atoms with van der Waals surface area (Å²) < 4.78 is 0. The summed E-state index contributed by atoms with van der Waals surface area (Å²) in [6.45, 7) is 3.24. The van der Waals surface area contributed by atoms with E-state index in [1.165, 1.54) is 24.0 Å². The van der Waals surface area contributed by atoms with Crippen molar-refractivity contribution in [2.45, 2.75) is 32.2 Å². The Bertz CT molecular complexity index is 320. The highest BCUT2D eigenvalue weighted by Gasteiger charge is 2.19. The maximum Gasteiger partial charge on any atom is 0.00683 e. The van der Waals surface area contributed by atoms with Gasteiger partial charge in [-0.1, -0.05) is 42.0 Å². The summed E-state index contributed by atoms with van der Waals surface area (Å²) in [5.74, 6) is 0.